The fraction of sp³-hybridized carbons (Fsp3) is 0.923. The Morgan fingerprint density at radius 3 is 2.35 bits per heavy atom. The van der Waals surface area contributed by atoms with Gasteiger partial charge in [0.05, 0.1) is 5.54 Å². The monoisotopic (exact) mass is 243 g/mol. The Kier molecular flexibility index (Phi) is 6.72. The summed E-state index contributed by atoms with van der Waals surface area (Å²) in [7, 11) is 1.80. The molecule has 0 rings (SSSR count). The van der Waals surface area contributed by atoms with E-state index < -0.39 is 5.54 Å². The number of carbonyl (C=O) groups excluding carboxylic acids is 1. The predicted octanol–water partition coefficient (Wildman–Crippen LogP) is 1.34. The third-order valence-corrected chi connectivity index (χ3v) is 3.26. The first-order chi connectivity index (χ1) is 7.72. The van der Waals surface area contributed by atoms with Gasteiger partial charge in [-0.3, -0.25) is 4.79 Å². The number of hydrogen-bond acceptors (Lipinski definition) is 3. The molecule has 2 unspecified atom stereocenters. The lowest BCUT2D eigenvalue weighted by atomic mass is 9.95. The fourth-order valence-corrected chi connectivity index (χ4v) is 1.84. The van der Waals surface area contributed by atoms with Gasteiger partial charge in [-0.1, -0.05) is 27.2 Å². The first kappa shape index (κ1) is 16.4. The highest BCUT2D eigenvalue weighted by atomic mass is 16.2. The van der Waals surface area contributed by atoms with Gasteiger partial charge < -0.3 is 16.4 Å². The van der Waals surface area contributed by atoms with E-state index in [9.17, 15) is 4.79 Å². The lowest BCUT2D eigenvalue weighted by Crippen LogP contribution is -2.52. The van der Waals surface area contributed by atoms with E-state index in [4.69, 9.17) is 11.5 Å². The molecule has 0 aromatic heterocycles. The molecular weight excluding hydrogens is 214 g/mol. The number of nitrogens with zero attached hydrogens (tertiary/aromatic N) is 1. The van der Waals surface area contributed by atoms with Crippen LogP contribution in [-0.2, 0) is 4.79 Å². The van der Waals surface area contributed by atoms with Gasteiger partial charge in [-0.25, -0.2) is 0 Å². The first-order valence-electron chi connectivity index (χ1n) is 6.52. The molecule has 0 bridgehead atoms. The number of rotatable bonds is 7. The molecule has 1 amide bonds. The molecular formula is C13H29N3O. The largest absolute Gasteiger partial charge is 0.344 e. The molecule has 4 N–H and O–H groups in total. The molecule has 4 nitrogen and oxygen atoms in total. The molecule has 0 heterocycles. The number of carbonyl (C=O) groups is 1. The summed E-state index contributed by atoms with van der Waals surface area (Å²) in [5.41, 5.74) is 11.2. The van der Waals surface area contributed by atoms with Crippen LogP contribution in [0.4, 0.5) is 0 Å². The summed E-state index contributed by atoms with van der Waals surface area (Å²) in [5.74, 6) is 0.453. The maximum Gasteiger partial charge on any atom is 0.242 e. The van der Waals surface area contributed by atoms with Crippen LogP contribution in [0.1, 0.15) is 47.0 Å². The minimum Gasteiger partial charge on any atom is -0.344 e. The summed E-state index contributed by atoms with van der Waals surface area (Å²) in [5, 5.41) is 0. The molecule has 2 atom stereocenters. The first-order valence-corrected chi connectivity index (χ1v) is 6.52. The Balaban J connectivity index is 4.23. The van der Waals surface area contributed by atoms with Crippen LogP contribution in [0.2, 0.25) is 0 Å². The van der Waals surface area contributed by atoms with E-state index in [2.05, 4.69) is 13.8 Å². The van der Waals surface area contributed by atoms with Crippen LogP contribution in [-0.4, -0.2) is 36.0 Å². The van der Waals surface area contributed by atoms with Crippen molar-refractivity contribution in [2.75, 3.05) is 13.6 Å². The summed E-state index contributed by atoms with van der Waals surface area (Å²) in [4.78, 5) is 13.8. The van der Waals surface area contributed by atoms with Crippen molar-refractivity contribution in [3.63, 3.8) is 0 Å². The minimum atomic E-state index is -0.745. The van der Waals surface area contributed by atoms with Gasteiger partial charge in [-0.05, 0) is 25.7 Å². The molecule has 0 aliphatic rings. The molecule has 0 aliphatic carbocycles. The molecule has 0 aromatic rings. The van der Waals surface area contributed by atoms with Crippen molar-refractivity contribution in [1.82, 2.24) is 4.90 Å². The van der Waals surface area contributed by atoms with Crippen molar-refractivity contribution >= 4 is 5.91 Å². The summed E-state index contributed by atoms with van der Waals surface area (Å²) < 4.78 is 0. The van der Waals surface area contributed by atoms with Crippen LogP contribution in [0, 0.1) is 5.92 Å². The third kappa shape index (κ3) is 5.50. The van der Waals surface area contributed by atoms with E-state index in [1.807, 2.05) is 6.92 Å². The number of hydrogen-bond donors (Lipinski definition) is 2. The molecule has 102 valence electrons. The van der Waals surface area contributed by atoms with Gasteiger partial charge in [0.15, 0.2) is 0 Å². The van der Waals surface area contributed by atoms with Gasteiger partial charge >= 0.3 is 0 Å². The van der Waals surface area contributed by atoms with Crippen molar-refractivity contribution in [3.05, 3.63) is 0 Å². The zero-order valence-electron chi connectivity index (χ0n) is 12.0. The van der Waals surface area contributed by atoms with Crippen molar-refractivity contribution in [2.45, 2.75) is 58.5 Å². The molecule has 0 fully saturated rings. The van der Waals surface area contributed by atoms with Gasteiger partial charge in [-0.2, -0.15) is 0 Å². The summed E-state index contributed by atoms with van der Waals surface area (Å²) >= 11 is 0. The Morgan fingerprint density at radius 1 is 1.41 bits per heavy atom. The van der Waals surface area contributed by atoms with Gasteiger partial charge in [0.2, 0.25) is 5.91 Å². The topological polar surface area (TPSA) is 72.4 Å². The number of likely N-dealkylation sites (N-methyl/N-ethyl adjacent to an activating group) is 1. The molecule has 4 heteroatoms. The van der Waals surface area contributed by atoms with Crippen LogP contribution >= 0.6 is 0 Å². The smallest absolute Gasteiger partial charge is 0.242 e. The molecule has 0 saturated heterocycles. The quantitative estimate of drug-likeness (QED) is 0.708. The molecule has 0 radical (unpaired) electrons. The third-order valence-electron chi connectivity index (χ3n) is 3.26. The molecule has 0 aromatic carbocycles. The Bertz CT molecular complexity index is 239. The second-order valence-electron chi connectivity index (χ2n) is 5.59. The zero-order chi connectivity index (χ0) is 13.6. The Hall–Kier alpha value is -0.610. The van der Waals surface area contributed by atoms with Crippen LogP contribution < -0.4 is 11.5 Å². The lowest BCUT2D eigenvalue weighted by molar-refractivity contribution is -0.135. The Morgan fingerprint density at radius 2 is 1.94 bits per heavy atom. The number of nitrogens with two attached hydrogens (primary N) is 2. The van der Waals surface area contributed by atoms with E-state index in [0.717, 1.165) is 12.8 Å². The summed E-state index contributed by atoms with van der Waals surface area (Å²) in [6.45, 7) is 8.70. The lowest BCUT2D eigenvalue weighted by Gasteiger charge is -2.30. The average molecular weight is 243 g/mol. The van der Waals surface area contributed by atoms with Gasteiger partial charge in [0.25, 0.3) is 0 Å². The van der Waals surface area contributed by atoms with Crippen LogP contribution in [0.15, 0.2) is 0 Å². The fourth-order valence-electron chi connectivity index (χ4n) is 1.84. The molecule has 0 spiro atoms. The standard InChI is InChI=1S/C13H29N3O/c1-6-8-13(4,15)12(17)16(5)9-7-11(14)10(2)3/h10-11H,6-9,14-15H2,1-5H3. The van der Waals surface area contributed by atoms with Crippen molar-refractivity contribution in [2.24, 2.45) is 17.4 Å². The van der Waals surface area contributed by atoms with Gasteiger partial charge in [0.1, 0.15) is 0 Å². The second kappa shape index (κ2) is 6.97. The van der Waals surface area contributed by atoms with Gasteiger partial charge in [-0.15, -0.1) is 0 Å². The number of amides is 1. The highest BCUT2D eigenvalue weighted by molar-refractivity contribution is 5.85. The van der Waals surface area contributed by atoms with Crippen molar-refractivity contribution in [1.29, 1.82) is 0 Å². The highest BCUT2D eigenvalue weighted by Crippen LogP contribution is 2.13. The van der Waals surface area contributed by atoms with E-state index in [-0.39, 0.29) is 11.9 Å². The van der Waals surface area contributed by atoms with Crippen molar-refractivity contribution < 1.29 is 4.79 Å². The normalized spacial score (nSPS) is 16.7. The average Bonchev–Trinajstić information content (AvgIpc) is 2.23. The molecule has 0 saturated carbocycles. The van der Waals surface area contributed by atoms with Crippen LogP contribution in [0.3, 0.4) is 0 Å². The molecule has 0 aliphatic heterocycles. The van der Waals surface area contributed by atoms with Crippen LogP contribution in [0.5, 0.6) is 0 Å². The van der Waals surface area contributed by atoms with E-state index in [1.54, 1.807) is 18.9 Å². The zero-order valence-corrected chi connectivity index (χ0v) is 12.0. The molecule has 17 heavy (non-hydrogen) atoms. The highest BCUT2D eigenvalue weighted by Gasteiger charge is 2.30. The van der Waals surface area contributed by atoms with E-state index in [0.29, 0.717) is 18.9 Å². The SMILES string of the molecule is CCCC(C)(N)C(=O)N(C)CCC(N)C(C)C. The second-order valence-corrected chi connectivity index (χ2v) is 5.59. The Labute approximate surface area is 106 Å². The summed E-state index contributed by atoms with van der Waals surface area (Å²) in [6, 6.07) is 0.139. The maximum atomic E-state index is 12.1. The van der Waals surface area contributed by atoms with Crippen molar-refractivity contribution in [3.8, 4) is 0 Å². The van der Waals surface area contributed by atoms with Gasteiger partial charge in [0, 0.05) is 19.6 Å². The minimum absolute atomic E-state index is 0.00954. The predicted molar refractivity (Wildman–Crippen MR) is 72.6 cm³/mol. The van der Waals surface area contributed by atoms with Crippen LogP contribution in [0.25, 0.3) is 0 Å². The van der Waals surface area contributed by atoms with E-state index in [1.165, 1.54) is 0 Å². The summed E-state index contributed by atoms with van der Waals surface area (Å²) in [6.07, 6.45) is 2.45. The van der Waals surface area contributed by atoms with E-state index >= 15 is 0 Å². The maximum absolute atomic E-state index is 12.1.